The second-order valence-electron chi connectivity index (χ2n) is 7.87. The van der Waals surface area contributed by atoms with E-state index in [1.807, 2.05) is 7.11 Å². The van der Waals surface area contributed by atoms with Gasteiger partial charge >= 0.3 is 0 Å². The lowest BCUT2D eigenvalue weighted by Gasteiger charge is -2.52. The van der Waals surface area contributed by atoms with Crippen LogP contribution in [0.4, 0.5) is 0 Å². The van der Waals surface area contributed by atoms with Crippen LogP contribution in [-0.4, -0.2) is 31.2 Å². The van der Waals surface area contributed by atoms with Crippen molar-refractivity contribution in [3.05, 3.63) is 35.9 Å². The molecule has 4 rings (SSSR count). The van der Waals surface area contributed by atoms with Gasteiger partial charge in [0.1, 0.15) is 0 Å². The van der Waals surface area contributed by atoms with Crippen molar-refractivity contribution in [2.24, 2.45) is 23.7 Å². The molecule has 0 spiro atoms. The van der Waals surface area contributed by atoms with E-state index in [1.165, 1.54) is 50.8 Å². The van der Waals surface area contributed by atoms with E-state index in [-0.39, 0.29) is 0 Å². The van der Waals surface area contributed by atoms with E-state index in [0.29, 0.717) is 6.10 Å². The van der Waals surface area contributed by atoms with Crippen molar-refractivity contribution in [3.63, 3.8) is 0 Å². The minimum Gasteiger partial charge on any atom is -0.381 e. The van der Waals surface area contributed by atoms with Gasteiger partial charge in [-0.3, -0.25) is 4.90 Å². The average molecular weight is 299 g/mol. The van der Waals surface area contributed by atoms with Crippen molar-refractivity contribution in [1.29, 1.82) is 0 Å². The van der Waals surface area contributed by atoms with E-state index in [2.05, 4.69) is 35.2 Å². The summed E-state index contributed by atoms with van der Waals surface area (Å²) in [6.45, 7) is 3.77. The lowest BCUT2D eigenvalue weighted by Crippen LogP contribution is -2.50. The Morgan fingerprint density at radius 1 is 1.00 bits per heavy atom. The molecule has 0 radical (unpaired) electrons. The zero-order valence-electron chi connectivity index (χ0n) is 13.8. The molecule has 22 heavy (non-hydrogen) atoms. The second kappa shape index (κ2) is 6.33. The van der Waals surface area contributed by atoms with Crippen molar-refractivity contribution in [1.82, 2.24) is 4.90 Å². The lowest BCUT2D eigenvalue weighted by molar-refractivity contribution is -0.0539. The third kappa shape index (κ3) is 2.96. The molecule has 2 bridgehead atoms. The molecule has 2 saturated carbocycles. The Morgan fingerprint density at radius 3 is 2.64 bits per heavy atom. The zero-order chi connectivity index (χ0) is 14.9. The summed E-state index contributed by atoms with van der Waals surface area (Å²) >= 11 is 0. The van der Waals surface area contributed by atoms with Gasteiger partial charge in [0.2, 0.25) is 0 Å². The van der Waals surface area contributed by atoms with E-state index in [4.69, 9.17) is 4.74 Å². The van der Waals surface area contributed by atoms with Crippen molar-refractivity contribution >= 4 is 0 Å². The molecule has 2 heteroatoms. The van der Waals surface area contributed by atoms with Crippen LogP contribution in [0.25, 0.3) is 0 Å². The molecule has 0 aromatic heterocycles. The Hall–Kier alpha value is -0.860. The molecule has 0 amide bonds. The summed E-state index contributed by atoms with van der Waals surface area (Å²) in [5, 5.41) is 0. The molecule has 1 aromatic rings. The monoisotopic (exact) mass is 299 g/mol. The van der Waals surface area contributed by atoms with Crippen LogP contribution in [0.15, 0.2) is 30.3 Å². The molecule has 1 heterocycles. The van der Waals surface area contributed by atoms with Crippen LogP contribution in [0.2, 0.25) is 0 Å². The van der Waals surface area contributed by atoms with Crippen LogP contribution >= 0.6 is 0 Å². The summed E-state index contributed by atoms with van der Waals surface area (Å²) in [6.07, 6.45) is 7.51. The first-order valence-electron chi connectivity index (χ1n) is 9.11. The topological polar surface area (TPSA) is 12.5 Å². The summed E-state index contributed by atoms with van der Waals surface area (Å²) in [7, 11) is 1.90. The summed E-state index contributed by atoms with van der Waals surface area (Å²) in [4.78, 5) is 2.72. The number of hydrogen-bond donors (Lipinski definition) is 0. The number of methoxy groups -OCH3 is 1. The minimum absolute atomic E-state index is 0.530. The molecule has 120 valence electrons. The van der Waals surface area contributed by atoms with Crippen LogP contribution in [0, 0.1) is 23.7 Å². The molecule has 2 nitrogen and oxygen atoms in total. The quantitative estimate of drug-likeness (QED) is 0.837. The molecule has 3 aliphatic rings. The Morgan fingerprint density at radius 2 is 1.82 bits per heavy atom. The number of piperidine rings is 1. The fourth-order valence-corrected chi connectivity index (χ4v) is 5.54. The van der Waals surface area contributed by atoms with Gasteiger partial charge in [-0.2, -0.15) is 0 Å². The number of ether oxygens (including phenoxy) is 1. The van der Waals surface area contributed by atoms with Gasteiger partial charge in [0.15, 0.2) is 0 Å². The summed E-state index contributed by atoms with van der Waals surface area (Å²) < 4.78 is 5.69. The fourth-order valence-electron chi connectivity index (χ4n) is 5.54. The van der Waals surface area contributed by atoms with Crippen molar-refractivity contribution in [2.45, 2.75) is 44.8 Å². The second-order valence-corrected chi connectivity index (χ2v) is 7.87. The smallest absolute Gasteiger partial charge is 0.0574 e. The number of fused-ring (bicyclic) bond motifs is 4. The maximum absolute atomic E-state index is 5.69. The lowest BCUT2D eigenvalue weighted by atomic mass is 9.60. The normalized spacial score (nSPS) is 38.5. The predicted octanol–water partition coefficient (Wildman–Crippen LogP) is 3.96. The first-order chi connectivity index (χ1) is 10.8. The average Bonchev–Trinajstić information content (AvgIpc) is 2.55. The van der Waals surface area contributed by atoms with Crippen LogP contribution in [-0.2, 0) is 11.3 Å². The van der Waals surface area contributed by atoms with Crippen molar-refractivity contribution in [3.8, 4) is 0 Å². The van der Waals surface area contributed by atoms with Gasteiger partial charge in [-0.05, 0) is 61.3 Å². The molecule has 2 aliphatic carbocycles. The number of nitrogens with zero attached hydrogens (tertiary/aromatic N) is 1. The first-order valence-corrected chi connectivity index (χ1v) is 9.11. The molecule has 5 atom stereocenters. The highest BCUT2D eigenvalue weighted by Gasteiger charge is 2.44. The molecular formula is C20H29NO. The van der Waals surface area contributed by atoms with Gasteiger partial charge in [-0.25, -0.2) is 0 Å². The van der Waals surface area contributed by atoms with Gasteiger partial charge in [0.25, 0.3) is 0 Å². The minimum atomic E-state index is 0.530. The third-order valence-electron chi connectivity index (χ3n) is 6.47. The zero-order valence-corrected chi connectivity index (χ0v) is 13.8. The Bertz CT molecular complexity index is 488. The Kier molecular flexibility index (Phi) is 4.23. The highest BCUT2D eigenvalue weighted by molar-refractivity contribution is 5.14. The van der Waals surface area contributed by atoms with Crippen LogP contribution in [0.5, 0.6) is 0 Å². The molecule has 1 saturated heterocycles. The molecule has 0 N–H and O–H groups in total. The highest BCUT2D eigenvalue weighted by atomic mass is 16.5. The number of rotatable bonds is 3. The highest BCUT2D eigenvalue weighted by Crippen LogP contribution is 2.49. The molecule has 3 fully saturated rings. The van der Waals surface area contributed by atoms with E-state index in [0.717, 1.165) is 30.2 Å². The molecule has 1 aliphatic heterocycles. The van der Waals surface area contributed by atoms with Crippen LogP contribution in [0.3, 0.4) is 0 Å². The van der Waals surface area contributed by atoms with Gasteiger partial charge < -0.3 is 4.74 Å². The van der Waals surface area contributed by atoms with Crippen molar-refractivity contribution in [2.75, 3.05) is 20.2 Å². The maximum atomic E-state index is 5.69. The standard InChI is InChI=1S/C20H29NO/c1-22-19-8-7-17-9-16-10-18(20(17)11-19)14-21(13-16)12-15-5-3-2-4-6-15/h2-6,16-20H,7-14H2,1H3. The summed E-state index contributed by atoms with van der Waals surface area (Å²) in [5.41, 5.74) is 1.47. The van der Waals surface area contributed by atoms with Crippen LogP contribution in [0.1, 0.15) is 37.7 Å². The molecular weight excluding hydrogens is 270 g/mol. The number of hydrogen-bond acceptors (Lipinski definition) is 2. The third-order valence-corrected chi connectivity index (χ3v) is 6.47. The van der Waals surface area contributed by atoms with E-state index in [9.17, 15) is 0 Å². The Labute approximate surface area is 134 Å². The largest absolute Gasteiger partial charge is 0.381 e. The van der Waals surface area contributed by atoms with Crippen LogP contribution < -0.4 is 0 Å². The van der Waals surface area contributed by atoms with Gasteiger partial charge in [0, 0.05) is 26.7 Å². The predicted molar refractivity (Wildman–Crippen MR) is 89.6 cm³/mol. The van der Waals surface area contributed by atoms with Gasteiger partial charge in [-0.1, -0.05) is 30.3 Å². The first kappa shape index (κ1) is 14.7. The van der Waals surface area contributed by atoms with E-state index < -0.39 is 0 Å². The SMILES string of the molecule is COC1CCC2CC3CC(CN(Cc4ccccc4)C3)C2C1. The van der Waals surface area contributed by atoms with Gasteiger partial charge in [-0.15, -0.1) is 0 Å². The van der Waals surface area contributed by atoms with Gasteiger partial charge in [0.05, 0.1) is 6.10 Å². The molecule has 5 unspecified atom stereocenters. The summed E-state index contributed by atoms with van der Waals surface area (Å²) in [5.74, 6) is 3.78. The fraction of sp³-hybridized carbons (Fsp3) is 0.700. The maximum Gasteiger partial charge on any atom is 0.0574 e. The number of benzene rings is 1. The molecule has 1 aromatic carbocycles. The summed E-state index contributed by atoms with van der Waals surface area (Å²) in [6, 6.07) is 11.0. The Balaban J connectivity index is 1.44. The van der Waals surface area contributed by atoms with E-state index in [1.54, 1.807) is 0 Å². The number of likely N-dealkylation sites (tertiary alicyclic amines) is 1. The van der Waals surface area contributed by atoms with E-state index >= 15 is 0 Å². The van der Waals surface area contributed by atoms with Crippen molar-refractivity contribution < 1.29 is 4.74 Å².